The van der Waals surface area contributed by atoms with Crippen LogP contribution in [0.2, 0.25) is 0 Å². The zero-order valence-corrected chi connectivity index (χ0v) is 6.33. The summed E-state index contributed by atoms with van der Waals surface area (Å²) < 4.78 is 0. The fourth-order valence-corrected chi connectivity index (χ4v) is 0.730. The average molecular weight is 149 g/mol. The van der Waals surface area contributed by atoms with E-state index in [0.717, 1.165) is 18.8 Å². The number of nitrogens with one attached hydrogen (secondary N) is 1. The number of nitrogens with zero attached hydrogens (tertiary/aromatic N) is 2. The molecule has 1 aromatic heterocycles. The second-order valence-electron chi connectivity index (χ2n) is 2.13. The Morgan fingerprint density at radius 3 is 3.18 bits per heavy atom. The van der Waals surface area contributed by atoms with Crippen molar-refractivity contribution in [3.63, 3.8) is 0 Å². The van der Waals surface area contributed by atoms with E-state index in [-0.39, 0.29) is 0 Å². The van der Waals surface area contributed by atoms with Crippen molar-refractivity contribution < 1.29 is 0 Å². The zero-order valence-electron chi connectivity index (χ0n) is 6.33. The summed E-state index contributed by atoms with van der Waals surface area (Å²) in [6.45, 7) is 5.15. The molecule has 1 heterocycles. The molecule has 0 radical (unpaired) electrons. The maximum Gasteiger partial charge on any atom is 0.0769 e. The molecule has 3 nitrogen and oxygen atoms in total. The van der Waals surface area contributed by atoms with E-state index in [1.807, 2.05) is 18.2 Å². The molecule has 11 heavy (non-hydrogen) atoms. The summed E-state index contributed by atoms with van der Waals surface area (Å²) in [5.74, 6) is 0. The lowest BCUT2D eigenvalue weighted by Gasteiger charge is -1.97. The molecule has 0 aromatic carbocycles. The summed E-state index contributed by atoms with van der Waals surface area (Å²) in [5, 5.41) is 10.8. The fraction of sp³-hybridized carbons (Fsp3) is 0.250. The Kier molecular flexibility index (Phi) is 3.28. The Labute approximate surface area is 66.2 Å². The van der Waals surface area contributed by atoms with E-state index in [2.05, 4.69) is 22.1 Å². The van der Waals surface area contributed by atoms with Gasteiger partial charge in [0.25, 0.3) is 0 Å². The lowest BCUT2D eigenvalue weighted by molar-refractivity contribution is 0.725. The van der Waals surface area contributed by atoms with Crippen molar-refractivity contribution in [2.24, 2.45) is 0 Å². The molecule has 0 aliphatic carbocycles. The number of hydrogen-bond acceptors (Lipinski definition) is 3. The van der Waals surface area contributed by atoms with Crippen LogP contribution in [-0.4, -0.2) is 16.7 Å². The van der Waals surface area contributed by atoms with Crippen LogP contribution in [0.25, 0.3) is 0 Å². The van der Waals surface area contributed by atoms with Crippen molar-refractivity contribution >= 4 is 0 Å². The highest BCUT2D eigenvalue weighted by molar-refractivity contribution is 4.98. The van der Waals surface area contributed by atoms with Gasteiger partial charge in [-0.1, -0.05) is 6.08 Å². The Balaban J connectivity index is 2.33. The van der Waals surface area contributed by atoms with E-state index in [1.165, 1.54) is 0 Å². The lowest BCUT2D eigenvalue weighted by Crippen LogP contribution is -2.13. The first-order valence-corrected chi connectivity index (χ1v) is 3.51. The summed E-state index contributed by atoms with van der Waals surface area (Å²) >= 11 is 0. The van der Waals surface area contributed by atoms with Crippen molar-refractivity contribution in [2.75, 3.05) is 6.54 Å². The molecule has 0 saturated heterocycles. The Bertz CT molecular complexity index is 208. The van der Waals surface area contributed by atoms with E-state index >= 15 is 0 Å². The molecule has 0 fully saturated rings. The molecule has 0 aliphatic rings. The van der Waals surface area contributed by atoms with Gasteiger partial charge in [-0.15, -0.1) is 6.58 Å². The third-order valence-electron chi connectivity index (χ3n) is 1.22. The molecule has 3 heteroatoms. The highest BCUT2D eigenvalue weighted by atomic mass is 15.1. The van der Waals surface area contributed by atoms with Crippen LogP contribution in [0.15, 0.2) is 31.0 Å². The van der Waals surface area contributed by atoms with Crippen molar-refractivity contribution in [2.45, 2.75) is 6.54 Å². The van der Waals surface area contributed by atoms with Gasteiger partial charge in [-0.2, -0.15) is 10.2 Å². The highest BCUT2D eigenvalue weighted by Crippen LogP contribution is 1.88. The molecule has 1 rings (SSSR count). The molecule has 1 N–H and O–H groups in total. The minimum Gasteiger partial charge on any atom is -0.308 e. The Morgan fingerprint density at radius 2 is 2.55 bits per heavy atom. The smallest absolute Gasteiger partial charge is 0.0769 e. The summed E-state index contributed by atoms with van der Waals surface area (Å²) in [6.07, 6.45) is 3.48. The van der Waals surface area contributed by atoms with Crippen LogP contribution in [-0.2, 0) is 6.54 Å². The maximum absolute atomic E-state index is 3.90. The van der Waals surface area contributed by atoms with Crippen LogP contribution in [0.4, 0.5) is 0 Å². The van der Waals surface area contributed by atoms with E-state index in [0.29, 0.717) is 0 Å². The minimum atomic E-state index is 0.750. The van der Waals surface area contributed by atoms with Gasteiger partial charge >= 0.3 is 0 Å². The molecule has 0 saturated carbocycles. The molecule has 0 aliphatic heterocycles. The molecule has 0 amide bonds. The second-order valence-corrected chi connectivity index (χ2v) is 2.13. The fourth-order valence-electron chi connectivity index (χ4n) is 0.730. The van der Waals surface area contributed by atoms with Gasteiger partial charge in [0.15, 0.2) is 0 Å². The van der Waals surface area contributed by atoms with Gasteiger partial charge in [-0.25, -0.2) is 0 Å². The molecular formula is C8H11N3. The number of rotatable bonds is 4. The quantitative estimate of drug-likeness (QED) is 0.507. The molecule has 0 spiro atoms. The van der Waals surface area contributed by atoms with Crippen LogP contribution in [0, 0.1) is 0 Å². The molecule has 0 unspecified atom stereocenters. The summed E-state index contributed by atoms with van der Waals surface area (Å²) in [7, 11) is 0. The topological polar surface area (TPSA) is 37.8 Å². The first kappa shape index (κ1) is 7.88. The third-order valence-corrected chi connectivity index (χ3v) is 1.22. The summed E-state index contributed by atoms with van der Waals surface area (Å²) in [4.78, 5) is 0. The second kappa shape index (κ2) is 4.57. The Morgan fingerprint density at radius 1 is 1.64 bits per heavy atom. The molecule has 0 bridgehead atoms. The number of aromatic nitrogens is 2. The summed E-state index contributed by atoms with van der Waals surface area (Å²) in [5.41, 5.74) is 0.953. The normalized spacial score (nSPS) is 9.45. The third kappa shape index (κ3) is 2.91. The van der Waals surface area contributed by atoms with Crippen LogP contribution in [0.5, 0.6) is 0 Å². The minimum absolute atomic E-state index is 0.750. The van der Waals surface area contributed by atoms with Gasteiger partial charge in [0, 0.05) is 19.3 Å². The molecule has 1 aromatic rings. The van der Waals surface area contributed by atoms with Crippen LogP contribution in [0.3, 0.4) is 0 Å². The highest BCUT2D eigenvalue weighted by Gasteiger charge is 1.89. The molecule has 0 atom stereocenters. The largest absolute Gasteiger partial charge is 0.308 e. The zero-order chi connectivity index (χ0) is 7.94. The lowest BCUT2D eigenvalue weighted by atomic mass is 10.4. The van der Waals surface area contributed by atoms with Gasteiger partial charge in [0.1, 0.15) is 0 Å². The van der Waals surface area contributed by atoms with Crippen molar-refractivity contribution in [1.29, 1.82) is 0 Å². The first-order valence-electron chi connectivity index (χ1n) is 3.51. The van der Waals surface area contributed by atoms with Gasteiger partial charge < -0.3 is 5.32 Å². The standard InChI is InChI=1S/C8H11N3/c1-2-5-9-7-8-4-3-6-10-11-8/h2-4,6,9H,1,5,7H2. The summed E-state index contributed by atoms with van der Waals surface area (Å²) in [6, 6.07) is 3.81. The van der Waals surface area contributed by atoms with Crippen LogP contribution < -0.4 is 5.32 Å². The van der Waals surface area contributed by atoms with Gasteiger partial charge in [0.2, 0.25) is 0 Å². The maximum atomic E-state index is 3.90. The average Bonchev–Trinajstić information content (AvgIpc) is 2.07. The van der Waals surface area contributed by atoms with Crippen molar-refractivity contribution in [3.8, 4) is 0 Å². The Hall–Kier alpha value is -1.22. The number of hydrogen-bond donors (Lipinski definition) is 1. The predicted molar refractivity (Wildman–Crippen MR) is 43.9 cm³/mol. The molecule has 58 valence electrons. The van der Waals surface area contributed by atoms with Crippen molar-refractivity contribution in [3.05, 3.63) is 36.7 Å². The predicted octanol–water partition coefficient (Wildman–Crippen LogP) is 0.752. The van der Waals surface area contributed by atoms with Gasteiger partial charge in [-0.05, 0) is 12.1 Å². The van der Waals surface area contributed by atoms with E-state index in [4.69, 9.17) is 0 Å². The van der Waals surface area contributed by atoms with E-state index in [1.54, 1.807) is 6.20 Å². The van der Waals surface area contributed by atoms with Gasteiger partial charge in [0.05, 0.1) is 5.69 Å². The monoisotopic (exact) mass is 149 g/mol. The van der Waals surface area contributed by atoms with Gasteiger partial charge in [-0.3, -0.25) is 0 Å². The van der Waals surface area contributed by atoms with Crippen molar-refractivity contribution in [1.82, 2.24) is 15.5 Å². The van der Waals surface area contributed by atoms with Crippen LogP contribution >= 0.6 is 0 Å². The van der Waals surface area contributed by atoms with E-state index in [9.17, 15) is 0 Å². The van der Waals surface area contributed by atoms with Crippen LogP contribution in [0.1, 0.15) is 5.69 Å². The first-order chi connectivity index (χ1) is 5.43. The SMILES string of the molecule is C=CCNCc1cccnn1. The molecular weight excluding hydrogens is 138 g/mol. The van der Waals surface area contributed by atoms with E-state index < -0.39 is 0 Å².